The van der Waals surface area contributed by atoms with Crippen molar-refractivity contribution in [3.63, 3.8) is 0 Å². The fourth-order valence-corrected chi connectivity index (χ4v) is 3.19. The minimum absolute atomic E-state index is 0.318. The first kappa shape index (κ1) is 13.8. The summed E-state index contributed by atoms with van der Waals surface area (Å²) in [6.07, 6.45) is 1.81. The van der Waals surface area contributed by atoms with Crippen LogP contribution in [0.4, 0.5) is 11.8 Å². The molecule has 0 unspecified atom stereocenters. The molecule has 0 amide bonds. The van der Waals surface area contributed by atoms with Crippen LogP contribution >= 0.6 is 11.3 Å². The second-order valence-electron chi connectivity index (χ2n) is 4.82. The van der Waals surface area contributed by atoms with Gasteiger partial charge in [0.05, 0.1) is 17.6 Å². The molecule has 21 heavy (non-hydrogen) atoms. The lowest BCUT2D eigenvalue weighted by Crippen LogP contribution is -2.24. The Bertz CT molecular complexity index is 753. The van der Waals surface area contributed by atoms with E-state index in [1.165, 1.54) is 4.88 Å². The second kappa shape index (κ2) is 5.65. The van der Waals surface area contributed by atoms with Crippen molar-refractivity contribution >= 4 is 33.3 Å². The van der Waals surface area contributed by atoms with E-state index in [1.54, 1.807) is 11.3 Å². The van der Waals surface area contributed by atoms with E-state index >= 15 is 0 Å². The molecule has 6 heteroatoms. The minimum atomic E-state index is 0.318. The molecule has 3 heterocycles. The molecule has 3 aromatic heterocycles. The summed E-state index contributed by atoms with van der Waals surface area (Å²) in [7, 11) is 0. The summed E-state index contributed by atoms with van der Waals surface area (Å²) in [6, 6.07) is 8.05. The van der Waals surface area contributed by atoms with Crippen LogP contribution in [0.2, 0.25) is 0 Å². The lowest BCUT2D eigenvalue weighted by atomic mass is 10.3. The van der Waals surface area contributed by atoms with Gasteiger partial charge < -0.3 is 10.6 Å². The predicted molar refractivity (Wildman–Crippen MR) is 87.5 cm³/mol. The second-order valence-corrected chi connectivity index (χ2v) is 6.05. The van der Waals surface area contributed by atoms with Gasteiger partial charge in [-0.15, -0.1) is 11.3 Å². The number of aryl methyl sites for hydroxylation is 1. The lowest BCUT2D eigenvalue weighted by Gasteiger charge is -2.22. The lowest BCUT2D eigenvalue weighted by molar-refractivity contribution is 0.798. The quantitative estimate of drug-likeness (QED) is 0.802. The number of thiophene rings is 1. The third kappa shape index (κ3) is 2.80. The van der Waals surface area contributed by atoms with Gasteiger partial charge in [-0.3, -0.25) is 4.98 Å². The van der Waals surface area contributed by atoms with E-state index in [0.29, 0.717) is 12.5 Å². The van der Waals surface area contributed by atoms with E-state index in [0.717, 1.165) is 28.3 Å². The summed E-state index contributed by atoms with van der Waals surface area (Å²) in [5, 5.41) is 1.06. The smallest absolute Gasteiger partial charge is 0.223 e. The molecule has 3 aromatic rings. The molecule has 0 saturated heterocycles. The van der Waals surface area contributed by atoms with Gasteiger partial charge in [-0.05, 0) is 32.0 Å². The van der Waals surface area contributed by atoms with Crippen molar-refractivity contribution in [2.45, 2.75) is 20.4 Å². The first-order chi connectivity index (χ1) is 10.2. The fraction of sp³-hybridized carbons (Fsp3) is 0.267. The summed E-state index contributed by atoms with van der Waals surface area (Å²) >= 11 is 1.64. The average Bonchev–Trinajstić information content (AvgIpc) is 2.85. The molecule has 0 fully saturated rings. The highest BCUT2D eigenvalue weighted by molar-refractivity contribution is 7.18. The van der Waals surface area contributed by atoms with Crippen molar-refractivity contribution in [1.29, 1.82) is 0 Å². The van der Waals surface area contributed by atoms with Crippen molar-refractivity contribution in [2.75, 3.05) is 17.2 Å². The highest BCUT2D eigenvalue weighted by Crippen LogP contribution is 2.31. The summed E-state index contributed by atoms with van der Waals surface area (Å²) < 4.78 is 0. The van der Waals surface area contributed by atoms with E-state index in [2.05, 4.69) is 39.8 Å². The Hall–Kier alpha value is -2.21. The van der Waals surface area contributed by atoms with Gasteiger partial charge in [0, 0.05) is 17.6 Å². The largest absolute Gasteiger partial charge is 0.368 e. The van der Waals surface area contributed by atoms with Gasteiger partial charge >= 0.3 is 0 Å². The first-order valence-electron chi connectivity index (χ1n) is 6.86. The van der Waals surface area contributed by atoms with Crippen LogP contribution in [0.25, 0.3) is 10.2 Å². The number of nitrogens with two attached hydrogens (primary N) is 1. The van der Waals surface area contributed by atoms with Crippen LogP contribution in [-0.2, 0) is 6.54 Å². The molecule has 0 atom stereocenters. The highest BCUT2D eigenvalue weighted by Gasteiger charge is 2.15. The predicted octanol–water partition coefficient (Wildman–Crippen LogP) is 3.00. The molecule has 5 nitrogen and oxygen atoms in total. The molecule has 0 spiro atoms. The Kier molecular flexibility index (Phi) is 3.70. The van der Waals surface area contributed by atoms with Crippen molar-refractivity contribution in [1.82, 2.24) is 15.0 Å². The summed E-state index contributed by atoms with van der Waals surface area (Å²) in [4.78, 5) is 17.5. The van der Waals surface area contributed by atoms with Crippen molar-refractivity contribution in [3.05, 3.63) is 41.0 Å². The van der Waals surface area contributed by atoms with E-state index < -0.39 is 0 Å². The number of fused-ring (bicyclic) bond motifs is 1. The van der Waals surface area contributed by atoms with E-state index in [1.807, 2.05) is 24.4 Å². The topological polar surface area (TPSA) is 67.9 Å². The third-order valence-electron chi connectivity index (χ3n) is 3.27. The van der Waals surface area contributed by atoms with Gasteiger partial charge in [0.15, 0.2) is 0 Å². The Balaban J connectivity index is 2.04. The van der Waals surface area contributed by atoms with Gasteiger partial charge in [-0.2, -0.15) is 4.98 Å². The van der Waals surface area contributed by atoms with Gasteiger partial charge in [0.1, 0.15) is 10.6 Å². The average molecular weight is 299 g/mol. The monoisotopic (exact) mass is 299 g/mol. The number of aromatic nitrogens is 3. The number of pyridine rings is 1. The van der Waals surface area contributed by atoms with Crippen LogP contribution < -0.4 is 10.6 Å². The van der Waals surface area contributed by atoms with Crippen molar-refractivity contribution in [3.8, 4) is 0 Å². The molecule has 3 rings (SSSR count). The summed E-state index contributed by atoms with van der Waals surface area (Å²) in [6.45, 7) is 5.71. The van der Waals surface area contributed by atoms with E-state index in [9.17, 15) is 0 Å². The Morgan fingerprint density at radius 2 is 2.14 bits per heavy atom. The van der Waals surface area contributed by atoms with Crippen LogP contribution in [0, 0.1) is 6.92 Å². The van der Waals surface area contributed by atoms with Crippen LogP contribution in [-0.4, -0.2) is 21.5 Å². The maximum Gasteiger partial charge on any atom is 0.223 e. The number of nitrogens with zero attached hydrogens (tertiary/aromatic N) is 4. The Labute approximate surface area is 127 Å². The molecule has 108 valence electrons. The number of hydrogen-bond donors (Lipinski definition) is 1. The zero-order chi connectivity index (χ0) is 14.8. The van der Waals surface area contributed by atoms with Gasteiger partial charge in [-0.1, -0.05) is 6.07 Å². The van der Waals surface area contributed by atoms with Crippen LogP contribution in [0.3, 0.4) is 0 Å². The first-order valence-corrected chi connectivity index (χ1v) is 7.67. The molecular formula is C15H17N5S. The zero-order valence-electron chi connectivity index (χ0n) is 12.1. The third-order valence-corrected chi connectivity index (χ3v) is 4.22. The molecule has 0 bridgehead atoms. The SMILES string of the molecule is CCN(Cc1ccccn1)c1nc(N)nc2sc(C)cc12. The van der Waals surface area contributed by atoms with Crippen LogP contribution in [0.5, 0.6) is 0 Å². The van der Waals surface area contributed by atoms with Crippen molar-refractivity contribution < 1.29 is 0 Å². The van der Waals surface area contributed by atoms with Crippen LogP contribution in [0.1, 0.15) is 17.5 Å². The summed E-state index contributed by atoms with van der Waals surface area (Å²) in [5.74, 6) is 1.20. The van der Waals surface area contributed by atoms with Gasteiger partial charge in [-0.25, -0.2) is 4.98 Å². The minimum Gasteiger partial charge on any atom is -0.368 e. The zero-order valence-corrected chi connectivity index (χ0v) is 12.9. The molecular weight excluding hydrogens is 282 g/mol. The number of anilines is 2. The van der Waals surface area contributed by atoms with Crippen molar-refractivity contribution in [2.24, 2.45) is 0 Å². The molecule has 0 aliphatic rings. The molecule has 0 aliphatic heterocycles. The molecule has 2 N–H and O–H groups in total. The summed E-state index contributed by atoms with van der Waals surface area (Å²) in [5.41, 5.74) is 6.87. The highest BCUT2D eigenvalue weighted by atomic mass is 32.1. The molecule has 0 aromatic carbocycles. The fourth-order valence-electron chi connectivity index (χ4n) is 2.31. The Morgan fingerprint density at radius 1 is 1.29 bits per heavy atom. The number of rotatable bonds is 4. The molecule has 0 aliphatic carbocycles. The van der Waals surface area contributed by atoms with Crippen LogP contribution in [0.15, 0.2) is 30.5 Å². The number of hydrogen-bond acceptors (Lipinski definition) is 6. The molecule has 0 saturated carbocycles. The maximum atomic E-state index is 5.86. The maximum absolute atomic E-state index is 5.86. The standard InChI is InChI=1S/C15H17N5S/c1-3-20(9-11-6-4-5-7-17-11)13-12-8-10(2)21-14(12)19-15(16)18-13/h4-8H,3,9H2,1-2H3,(H2,16,18,19). The van der Waals surface area contributed by atoms with Gasteiger partial charge in [0.25, 0.3) is 0 Å². The molecule has 0 radical (unpaired) electrons. The van der Waals surface area contributed by atoms with E-state index in [-0.39, 0.29) is 0 Å². The van der Waals surface area contributed by atoms with Gasteiger partial charge in [0.2, 0.25) is 5.95 Å². The number of nitrogen functional groups attached to an aromatic ring is 1. The normalized spacial score (nSPS) is 11.0. The Morgan fingerprint density at radius 3 is 2.86 bits per heavy atom. The van der Waals surface area contributed by atoms with E-state index in [4.69, 9.17) is 5.73 Å².